The van der Waals surface area contributed by atoms with Crippen molar-refractivity contribution in [1.29, 1.82) is 0 Å². The van der Waals surface area contributed by atoms with Gasteiger partial charge in [-0.3, -0.25) is 9.59 Å². The molecule has 130 valence electrons. The van der Waals surface area contributed by atoms with E-state index in [9.17, 15) is 14.7 Å². The van der Waals surface area contributed by atoms with Crippen LogP contribution in [0.3, 0.4) is 0 Å². The molecule has 2 bridgehead atoms. The van der Waals surface area contributed by atoms with Crippen LogP contribution in [0, 0.1) is 23.2 Å². The third-order valence-electron chi connectivity index (χ3n) is 6.85. The van der Waals surface area contributed by atoms with E-state index in [2.05, 4.69) is 13.0 Å². The second-order valence-corrected chi connectivity index (χ2v) is 9.05. The molecule has 24 heavy (non-hydrogen) atoms. The molecule has 2 spiro atoms. The largest absolute Gasteiger partial charge is 0.392 e. The molecule has 0 unspecified atom stereocenters. The molecule has 0 amide bonds. The van der Waals surface area contributed by atoms with E-state index in [4.69, 9.17) is 4.74 Å². The van der Waals surface area contributed by atoms with Crippen molar-refractivity contribution >= 4 is 11.6 Å². The second-order valence-electron chi connectivity index (χ2n) is 9.05. The summed E-state index contributed by atoms with van der Waals surface area (Å²) < 4.78 is 6.60. The van der Waals surface area contributed by atoms with Crippen molar-refractivity contribution in [3.8, 4) is 0 Å². The van der Waals surface area contributed by atoms with Gasteiger partial charge in [0.25, 0.3) is 0 Å². The fourth-order valence-electron chi connectivity index (χ4n) is 5.70. The fraction of sp³-hybridized carbons (Fsp3) is 0.700. The minimum atomic E-state index is -0.931. The Morgan fingerprint density at radius 1 is 1.25 bits per heavy atom. The quantitative estimate of drug-likeness (QED) is 0.741. The summed E-state index contributed by atoms with van der Waals surface area (Å²) in [5.41, 5.74) is -0.822. The maximum absolute atomic E-state index is 13.3. The van der Waals surface area contributed by atoms with E-state index in [1.165, 1.54) is 0 Å². The molecule has 2 aliphatic heterocycles. The lowest BCUT2D eigenvalue weighted by molar-refractivity contribution is -0.152. The van der Waals surface area contributed by atoms with E-state index in [1.54, 1.807) is 6.92 Å². The van der Waals surface area contributed by atoms with Gasteiger partial charge in [-0.2, -0.15) is 0 Å². The van der Waals surface area contributed by atoms with Gasteiger partial charge in [0.05, 0.1) is 17.6 Å². The number of ether oxygens (including phenoxy) is 1. The second kappa shape index (κ2) is 4.47. The molecule has 2 heterocycles. The van der Waals surface area contributed by atoms with Gasteiger partial charge in [0, 0.05) is 5.92 Å². The first kappa shape index (κ1) is 16.2. The van der Waals surface area contributed by atoms with Gasteiger partial charge in [-0.1, -0.05) is 33.8 Å². The maximum atomic E-state index is 13.3. The Morgan fingerprint density at radius 3 is 2.58 bits per heavy atom. The third kappa shape index (κ3) is 1.66. The molecule has 0 aromatic rings. The van der Waals surface area contributed by atoms with E-state index in [0.29, 0.717) is 18.4 Å². The number of aliphatic hydroxyl groups excluding tert-OH is 1. The Bertz CT molecular complexity index is 715. The Hall–Kier alpha value is -1.26. The van der Waals surface area contributed by atoms with Crippen molar-refractivity contribution in [2.24, 2.45) is 23.2 Å². The monoisotopic (exact) mass is 330 g/mol. The first-order valence-electron chi connectivity index (χ1n) is 8.92. The highest BCUT2D eigenvalue weighted by Crippen LogP contribution is 2.63. The van der Waals surface area contributed by atoms with Crippen LogP contribution >= 0.6 is 0 Å². The predicted octanol–water partition coefficient (Wildman–Crippen LogP) is 2.60. The van der Waals surface area contributed by atoms with Crippen molar-refractivity contribution in [3.63, 3.8) is 0 Å². The number of allylic oxidation sites excluding steroid dienone is 2. The van der Waals surface area contributed by atoms with E-state index in [-0.39, 0.29) is 17.5 Å². The smallest absolute Gasteiger partial charge is 0.174 e. The number of ketones is 2. The van der Waals surface area contributed by atoms with Crippen LogP contribution in [0.5, 0.6) is 0 Å². The lowest BCUT2D eigenvalue weighted by Gasteiger charge is -2.38. The molecule has 2 aliphatic carbocycles. The van der Waals surface area contributed by atoms with Crippen LogP contribution in [-0.4, -0.2) is 34.0 Å². The van der Waals surface area contributed by atoms with Gasteiger partial charge in [-0.25, -0.2) is 0 Å². The van der Waals surface area contributed by atoms with E-state index in [0.717, 1.165) is 5.57 Å². The molecule has 1 saturated heterocycles. The highest BCUT2D eigenvalue weighted by atomic mass is 16.5. The van der Waals surface area contributed by atoms with Crippen LogP contribution in [0.25, 0.3) is 0 Å². The minimum Gasteiger partial charge on any atom is -0.392 e. The van der Waals surface area contributed by atoms with Gasteiger partial charge >= 0.3 is 0 Å². The van der Waals surface area contributed by atoms with Crippen molar-refractivity contribution in [2.45, 2.75) is 64.8 Å². The van der Waals surface area contributed by atoms with Gasteiger partial charge in [0.2, 0.25) is 0 Å². The van der Waals surface area contributed by atoms with Crippen molar-refractivity contribution in [2.75, 3.05) is 0 Å². The molecule has 1 N–H and O–H groups in total. The van der Waals surface area contributed by atoms with Gasteiger partial charge in [0.1, 0.15) is 0 Å². The zero-order valence-electron chi connectivity index (χ0n) is 15.1. The first-order valence-corrected chi connectivity index (χ1v) is 8.92. The number of hydrogen-bond acceptors (Lipinski definition) is 4. The summed E-state index contributed by atoms with van der Waals surface area (Å²) in [6, 6.07) is 0. The number of Topliss-reactive ketones (excluding diaryl/α,β-unsaturated/α-hetero) is 2. The summed E-state index contributed by atoms with van der Waals surface area (Å²) in [6.07, 6.45) is 4.25. The van der Waals surface area contributed by atoms with Crippen LogP contribution in [0.15, 0.2) is 23.3 Å². The SMILES string of the molecule is C/C1=C/C2=C[C@H](C)C[C@@]23O[C@]2(CC(C)(C)[C@@H](O)[C@@H]2C1=O)[C@@H](C)C3=O. The summed E-state index contributed by atoms with van der Waals surface area (Å²) >= 11 is 0. The standard InChI is InChI=1S/C20H26O4/c1-10-6-13-7-11(2)15(21)14-17(23)18(4,5)9-20(14)12(3)16(22)19(13,8-10)24-20/h6-7,10,12,14,17,23H,8-9H2,1-5H3/b11-7-/t10-,12-,14-,17-,19+,20+/m0/s1. The molecule has 4 nitrogen and oxygen atoms in total. The molecule has 6 atom stereocenters. The minimum absolute atomic E-state index is 0.0757. The number of rotatable bonds is 0. The molecule has 1 saturated carbocycles. The first-order chi connectivity index (χ1) is 11.0. The van der Waals surface area contributed by atoms with Crippen LogP contribution in [0.2, 0.25) is 0 Å². The van der Waals surface area contributed by atoms with Gasteiger partial charge < -0.3 is 9.84 Å². The topological polar surface area (TPSA) is 63.6 Å². The normalized spacial score (nSPS) is 51.4. The van der Waals surface area contributed by atoms with E-state index < -0.39 is 34.6 Å². The maximum Gasteiger partial charge on any atom is 0.174 e. The molecule has 0 aromatic carbocycles. The van der Waals surface area contributed by atoms with Crippen molar-refractivity contribution in [3.05, 3.63) is 23.3 Å². The Kier molecular flexibility index (Phi) is 3.02. The molecule has 0 aromatic heterocycles. The Morgan fingerprint density at radius 2 is 1.92 bits per heavy atom. The summed E-state index contributed by atoms with van der Waals surface area (Å²) in [6.45, 7) is 9.68. The molecule has 4 heteroatoms. The van der Waals surface area contributed by atoms with Crippen molar-refractivity contribution in [1.82, 2.24) is 0 Å². The highest BCUT2D eigenvalue weighted by molar-refractivity contribution is 6.04. The van der Waals surface area contributed by atoms with Gasteiger partial charge in [0.15, 0.2) is 17.2 Å². The molecule has 4 aliphatic rings. The van der Waals surface area contributed by atoms with Crippen molar-refractivity contribution < 1.29 is 19.4 Å². The average Bonchev–Trinajstić information content (AvgIpc) is 2.96. The van der Waals surface area contributed by atoms with Gasteiger partial charge in [-0.05, 0) is 48.3 Å². The molecule has 2 fully saturated rings. The summed E-state index contributed by atoms with van der Waals surface area (Å²) in [7, 11) is 0. The fourth-order valence-corrected chi connectivity index (χ4v) is 5.70. The summed E-state index contributed by atoms with van der Waals surface area (Å²) in [4.78, 5) is 26.5. The van der Waals surface area contributed by atoms with Crippen LogP contribution in [0.1, 0.15) is 47.5 Å². The van der Waals surface area contributed by atoms with Gasteiger partial charge in [-0.15, -0.1) is 0 Å². The molecule has 0 radical (unpaired) electrons. The summed E-state index contributed by atoms with van der Waals surface area (Å²) in [5, 5.41) is 10.9. The number of carbonyl (C=O) groups is 2. The van der Waals surface area contributed by atoms with E-state index >= 15 is 0 Å². The molecular weight excluding hydrogens is 304 g/mol. The Labute approximate surface area is 143 Å². The zero-order valence-corrected chi connectivity index (χ0v) is 15.1. The van der Waals surface area contributed by atoms with Crippen LogP contribution in [-0.2, 0) is 14.3 Å². The number of hydrogen-bond donors (Lipinski definition) is 1. The van der Waals surface area contributed by atoms with E-state index in [1.807, 2.05) is 26.8 Å². The Balaban J connectivity index is 1.99. The third-order valence-corrected chi connectivity index (χ3v) is 6.85. The van der Waals surface area contributed by atoms with Crippen LogP contribution in [0.4, 0.5) is 0 Å². The summed E-state index contributed by atoms with van der Waals surface area (Å²) in [5.74, 6) is -0.827. The number of carbonyl (C=O) groups excluding carboxylic acids is 2. The number of aliphatic hydroxyl groups is 1. The van der Waals surface area contributed by atoms with Crippen LogP contribution < -0.4 is 0 Å². The highest BCUT2D eigenvalue weighted by Gasteiger charge is 2.73. The lowest BCUT2D eigenvalue weighted by Crippen LogP contribution is -2.48. The predicted molar refractivity (Wildman–Crippen MR) is 89.2 cm³/mol. The average molecular weight is 330 g/mol. The molecule has 4 rings (SSSR count). The molecular formula is C20H26O4. The lowest BCUT2D eigenvalue weighted by atomic mass is 9.75. The zero-order chi connectivity index (χ0) is 17.7.